The molecule has 1 atom stereocenters. The molecule has 0 heterocycles. The summed E-state index contributed by atoms with van der Waals surface area (Å²) >= 11 is 0. The summed E-state index contributed by atoms with van der Waals surface area (Å²) in [5.41, 5.74) is 10.4. The maximum absolute atomic E-state index is 10.1. The van der Waals surface area contributed by atoms with Crippen LogP contribution in [0.5, 0.6) is 0 Å². The van der Waals surface area contributed by atoms with Gasteiger partial charge < -0.3 is 45.9 Å². The summed E-state index contributed by atoms with van der Waals surface area (Å²) in [6.45, 7) is 0.604. The van der Waals surface area contributed by atoms with E-state index in [1.165, 1.54) is 0 Å². The minimum atomic E-state index is -4.64. The quantitative estimate of drug-likeness (QED) is 0.134. The van der Waals surface area contributed by atoms with E-state index in [4.69, 9.17) is 55.1 Å². The van der Waals surface area contributed by atoms with Crippen molar-refractivity contribution >= 4 is 51.2 Å². The summed E-state index contributed by atoms with van der Waals surface area (Å²) in [5.74, 6) is -0.933. The fourth-order valence-corrected chi connectivity index (χ4v) is 0.632. The fourth-order valence-electron chi connectivity index (χ4n) is 0.632. The first-order valence-electron chi connectivity index (χ1n) is 4.93. The summed E-state index contributed by atoms with van der Waals surface area (Å²) in [5, 5.41) is 8.33. The Kier molecular flexibility index (Phi) is 21.9. The summed E-state index contributed by atoms with van der Waals surface area (Å²) in [6, 6.07) is -0.716. The Morgan fingerprint density at radius 3 is 1.43 bits per heavy atom. The Labute approximate surface area is 142 Å². The van der Waals surface area contributed by atoms with Gasteiger partial charge in [0.1, 0.15) is 6.04 Å². The van der Waals surface area contributed by atoms with Crippen molar-refractivity contribution in [3.05, 3.63) is 0 Å². The second-order valence-corrected chi connectivity index (χ2v) is 5.31. The molecule has 0 saturated heterocycles. The first-order valence-corrected chi connectivity index (χ1v) is 8.06. The number of carbonyl (C=O) groups is 1. The number of rotatable bonds is 5. The molecule has 0 aromatic carbocycles. The molecule has 0 aliphatic rings. The van der Waals surface area contributed by atoms with Gasteiger partial charge >= 0.3 is 51.2 Å². The number of carboxylic acid groups (broad SMARTS) is 1. The molecule has 0 saturated carbocycles. The van der Waals surface area contributed by atoms with Crippen LogP contribution in [-0.4, -0.2) is 82.6 Å². The molecule has 0 rings (SSSR count). The Morgan fingerprint density at radius 1 is 0.952 bits per heavy atom. The molecule has 0 spiro atoms. The molecule has 0 aliphatic carbocycles. The summed E-state index contributed by atoms with van der Waals surface area (Å²) < 4.78 is 17.8. The normalized spacial score (nSPS) is 11.8. The van der Waals surface area contributed by atoms with Gasteiger partial charge in [-0.15, -0.1) is 0 Å². The van der Waals surface area contributed by atoms with Gasteiger partial charge in [-0.25, -0.2) is 9.13 Å². The van der Waals surface area contributed by atoms with Crippen LogP contribution in [0.15, 0.2) is 0 Å². The van der Waals surface area contributed by atoms with E-state index < -0.39 is 27.7 Å². The van der Waals surface area contributed by atoms with Crippen molar-refractivity contribution in [2.75, 3.05) is 6.54 Å². The van der Waals surface area contributed by atoms with Crippen molar-refractivity contribution in [1.82, 2.24) is 0 Å². The van der Waals surface area contributed by atoms with Crippen LogP contribution < -0.4 is 11.5 Å². The zero-order valence-corrected chi connectivity index (χ0v) is 12.1. The second kappa shape index (κ2) is 15.5. The topological polar surface area (TPSA) is 245 Å². The van der Waals surface area contributed by atoms with E-state index in [1.54, 1.807) is 0 Å². The number of carboxylic acids is 1. The number of unbranched alkanes of at least 4 members (excludes halogenated alkanes) is 1. The summed E-state index contributed by atoms with van der Waals surface area (Å²) in [6.07, 6.45) is 2.16. The predicted molar refractivity (Wildman–Crippen MR) is 74.2 cm³/mol. The molecule has 15 heteroatoms. The Balaban J connectivity index is -0.000000112. The fraction of sp³-hybridized carbons (Fsp3) is 0.833. The minimum absolute atomic E-state index is 0. The van der Waals surface area contributed by atoms with E-state index in [0.717, 1.165) is 12.8 Å². The number of nitrogens with two attached hydrogens (primary N) is 2. The van der Waals surface area contributed by atoms with Crippen molar-refractivity contribution in [3.63, 3.8) is 0 Å². The van der Waals surface area contributed by atoms with Gasteiger partial charge in [-0.2, -0.15) is 0 Å². The van der Waals surface area contributed by atoms with Gasteiger partial charge in [0, 0.05) is 0 Å². The van der Waals surface area contributed by atoms with E-state index in [2.05, 4.69) is 0 Å². The van der Waals surface area contributed by atoms with Crippen LogP contribution in [0.2, 0.25) is 0 Å². The van der Waals surface area contributed by atoms with Gasteiger partial charge in [-0.3, -0.25) is 4.79 Å². The molecule has 0 aliphatic heterocycles. The molecular formula is C6H21N2NaO10P2. The molecular weight excluding hydrogens is 345 g/mol. The van der Waals surface area contributed by atoms with Crippen LogP contribution in [0.1, 0.15) is 19.3 Å². The van der Waals surface area contributed by atoms with Crippen LogP contribution in [0, 0.1) is 0 Å². The molecule has 11 N–H and O–H groups in total. The van der Waals surface area contributed by atoms with Crippen molar-refractivity contribution in [3.8, 4) is 0 Å². The number of hydrogen-bond donors (Lipinski definition) is 9. The van der Waals surface area contributed by atoms with Gasteiger partial charge in [-0.1, -0.05) is 6.42 Å². The maximum atomic E-state index is 10.1. The van der Waals surface area contributed by atoms with Crippen LogP contribution >= 0.6 is 15.6 Å². The van der Waals surface area contributed by atoms with E-state index in [9.17, 15) is 4.79 Å². The molecule has 126 valence electrons. The van der Waals surface area contributed by atoms with Crippen LogP contribution in [0.3, 0.4) is 0 Å². The average Bonchev–Trinajstić information content (AvgIpc) is 2.12. The van der Waals surface area contributed by atoms with Crippen LogP contribution in [-0.2, 0) is 13.9 Å². The second-order valence-electron chi connectivity index (χ2n) is 3.26. The molecule has 0 amide bonds. The zero-order valence-electron chi connectivity index (χ0n) is 10.3. The number of phosphoric acid groups is 2. The van der Waals surface area contributed by atoms with Crippen LogP contribution in [0.25, 0.3) is 0 Å². The third-order valence-electron chi connectivity index (χ3n) is 1.29. The Morgan fingerprint density at radius 2 is 1.24 bits per heavy atom. The number of aliphatic carboxylic acids is 1. The molecule has 0 aromatic rings. The van der Waals surface area contributed by atoms with Crippen LogP contribution in [0.4, 0.5) is 0 Å². The summed E-state index contributed by atoms with van der Waals surface area (Å²) in [4.78, 5) is 53.3. The van der Waals surface area contributed by atoms with Crippen molar-refractivity contribution in [1.29, 1.82) is 0 Å². The van der Waals surface area contributed by atoms with E-state index >= 15 is 0 Å². The van der Waals surface area contributed by atoms with Crippen molar-refractivity contribution in [2.45, 2.75) is 25.3 Å². The SMILES string of the molecule is NCCCCC(N)C(=O)O.O=P(O)(O)O.O=P(O)(O)O.[NaH]. The molecule has 21 heavy (non-hydrogen) atoms. The van der Waals surface area contributed by atoms with Crippen molar-refractivity contribution in [2.24, 2.45) is 11.5 Å². The molecule has 0 radical (unpaired) electrons. The Hall–Kier alpha value is 0.610. The van der Waals surface area contributed by atoms with Gasteiger partial charge in [0.2, 0.25) is 0 Å². The third-order valence-corrected chi connectivity index (χ3v) is 1.29. The molecule has 0 aromatic heterocycles. The van der Waals surface area contributed by atoms with E-state index in [-0.39, 0.29) is 29.6 Å². The van der Waals surface area contributed by atoms with Gasteiger partial charge in [0.25, 0.3) is 0 Å². The van der Waals surface area contributed by atoms with Gasteiger partial charge in [0.05, 0.1) is 0 Å². The first kappa shape index (κ1) is 29.6. The predicted octanol–water partition coefficient (Wildman–Crippen LogP) is -2.98. The van der Waals surface area contributed by atoms with E-state index in [1.807, 2.05) is 0 Å². The summed E-state index contributed by atoms with van der Waals surface area (Å²) in [7, 11) is -9.28. The van der Waals surface area contributed by atoms with Gasteiger partial charge in [-0.05, 0) is 19.4 Å². The standard InChI is InChI=1S/C6H14N2O2.Na.2H3O4P.H/c7-4-2-1-3-5(8)6(9)10;;2*1-5(2,3)4;/h5H,1-4,7-8H2,(H,9,10);;2*(H3,1,2,3,4);. The first-order chi connectivity index (χ1) is 8.68. The van der Waals surface area contributed by atoms with E-state index in [0.29, 0.717) is 13.0 Å². The monoisotopic (exact) mass is 366 g/mol. The number of hydrogen-bond acceptors (Lipinski definition) is 5. The molecule has 12 nitrogen and oxygen atoms in total. The molecule has 0 fully saturated rings. The molecule has 0 bridgehead atoms. The third kappa shape index (κ3) is 77.3. The van der Waals surface area contributed by atoms with Crippen molar-refractivity contribution < 1.29 is 48.4 Å². The zero-order chi connectivity index (χ0) is 17.0. The van der Waals surface area contributed by atoms with Gasteiger partial charge in [0.15, 0.2) is 0 Å². The molecule has 1 unspecified atom stereocenters. The Bertz CT molecular complexity index is 308. The average molecular weight is 366 g/mol.